The molecule has 1 amide bonds. The molecule has 2 unspecified atom stereocenters. The number of carbonyl (C=O) groups is 2. The van der Waals surface area contributed by atoms with Crippen LogP contribution in [0.5, 0.6) is 0 Å². The summed E-state index contributed by atoms with van der Waals surface area (Å²) in [7, 11) is 0. The van der Waals surface area contributed by atoms with Gasteiger partial charge in [0.2, 0.25) is 5.91 Å². The maximum atomic E-state index is 11.8. The molecule has 0 spiro atoms. The highest BCUT2D eigenvalue weighted by molar-refractivity contribution is 5.81. The van der Waals surface area contributed by atoms with Crippen molar-refractivity contribution in [3.8, 4) is 0 Å². The fourth-order valence-electron chi connectivity index (χ4n) is 2.50. The minimum Gasteiger partial charge on any atom is -0.481 e. The van der Waals surface area contributed by atoms with Crippen molar-refractivity contribution >= 4 is 11.9 Å². The van der Waals surface area contributed by atoms with E-state index in [4.69, 9.17) is 5.11 Å². The second-order valence-electron chi connectivity index (χ2n) is 4.69. The van der Waals surface area contributed by atoms with Crippen LogP contribution in [0.3, 0.4) is 0 Å². The van der Waals surface area contributed by atoms with E-state index in [1.165, 1.54) is 0 Å². The largest absolute Gasteiger partial charge is 0.481 e. The number of carboxylic acids is 1. The molecule has 4 nitrogen and oxygen atoms in total. The van der Waals surface area contributed by atoms with Crippen molar-refractivity contribution in [1.82, 2.24) is 5.32 Å². The zero-order chi connectivity index (χ0) is 11.5. The molecular formula is C12H17NO3. The van der Waals surface area contributed by atoms with Gasteiger partial charge in [0.05, 0.1) is 5.92 Å². The topological polar surface area (TPSA) is 66.4 Å². The number of hydrogen-bond acceptors (Lipinski definition) is 2. The number of amides is 1. The Balaban J connectivity index is 1.80. The van der Waals surface area contributed by atoms with Crippen LogP contribution in [0.15, 0.2) is 12.2 Å². The van der Waals surface area contributed by atoms with Crippen LogP contribution in [-0.2, 0) is 9.59 Å². The lowest BCUT2D eigenvalue weighted by Crippen LogP contribution is -2.36. The van der Waals surface area contributed by atoms with Gasteiger partial charge in [0.1, 0.15) is 0 Å². The molecule has 2 N–H and O–H groups in total. The van der Waals surface area contributed by atoms with Crippen molar-refractivity contribution in [3.05, 3.63) is 12.2 Å². The van der Waals surface area contributed by atoms with E-state index in [0.29, 0.717) is 19.3 Å². The summed E-state index contributed by atoms with van der Waals surface area (Å²) in [5.74, 6) is -1.14. The third-order valence-corrected chi connectivity index (χ3v) is 3.51. The highest BCUT2D eigenvalue weighted by Gasteiger charge is 2.34. The Hall–Kier alpha value is -1.32. The van der Waals surface area contributed by atoms with Crippen LogP contribution in [0.4, 0.5) is 0 Å². The van der Waals surface area contributed by atoms with Crippen molar-refractivity contribution in [2.75, 3.05) is 0 Å². The number of carboxylic acid groups (broad SMARTS) is 1. The second-order valence-corrected chi connectivity index (χ2v) is 4.69. The molecule has 0 saturated heterocycles. The molecule has 0 aliphatic heterocycles. The minimum atomic E-state index is -0.766. The molecule has 0 bridgehead atoms. The normalized spacial score (nSPS) is 29.5. The first-order valence-corrected chi connectivity index (χ1v) is 5.85. The second kappa shape index (κ2) is 4.68. The Kier molecular flexibility index (Phi) is 3.27. The summed E-state index contributed by atoms with van der Waals surface area (Å²) in [6, 6.07) is 0.233. The van der Waals surface area contributed by atoms with Crippen molar-refractivity contribution < 1.29 is 14.7 Å². The van der Waals surface area contributed by atoms with Gasteiger partial charge in [0.15, 0.2) is 0 Å². The van der Waals surface area contributed by atoms with Gasteiger partial charge in [-0.05, 0) is 32.1 Å². The van der Waals surface area contributed by atoms with Crippen molar-refractivity contribution in [1.29, 1.82) is 0 Å². The fourth-order valence-corrected chi connectivity index (χ4v) is 2.50. The Morgan fingerprint density at radius 3 is 2.31 bits per heavy atom. The molecule has 16 heavy (non-hydrogen) atoms. The molecule has 0 radical (unpaired) electrons. The third kappa shape index (κ3) is 2.43. The Labute approximate surface area is 94.7 Å². The van der Waals surface area contributed by atoms with Crippen LogP contribution in [0, 0.1) is 11.8 Å². The Morgan fingerprint density at radius 2 is 1.75 bits per heavy atom. The Morgan fingerprint density at radius 1 is 1.12 bits per heavy atom. The van der Waals surface area contributed by atoms with E-state index in [1.54, 1.807) is 0 Å². The van der Waals surface area contributed by atoms with Gasteiger partial charge in [-0.25, -0.2) is 0 Å². The standard InChI is InChI=1S/C12H17NO3/c14-11(13-10-3-1-2-4-10)8-5-6-9(7-8)12(15)16/h1-2,8-10H,3-7H2,(H,13,14)(H,15,16). The molecule has 2 aliphatic rings. The van der Waals surface area contributed by atoms with E-state index >= 15 is 0 Å². The van der Waals surface area contributed by atoms with Gasteiger partial charge in [0, 0.05) is 12.0 Å². The van der Waals surface area contributed by atoms with Crippen LogP contribution >= 0.6 is 0 Å². The van der Waals surface area contributed by atoms with Crippen LogP contribution in [0.25, 0.3) is 0 Å². The van der Waals surface area contributed by atoms with Gasteiger partial charge < -0.3 is 10.4 Å². The zero-order valence-corrected chi connectivity index (χ0v) is 9.19. The molecule has 0 aromatic carbocycles. The molecule has 2 atom stereocenters. The van der Waals surface area contributed by atoms with Crippen molar-refractivity contribution in [3.63, 3.8) is 0 Å². The van der Waals surface area contributed by atoms with Gasteiger partial charge in [-0.2, -0.15) is 0 Å². The van der Waals surface area contributed by atoms with Gasteiger partial charge in [-0.3, -0.25) is 9.59 Å². The maximum Gasteiger partial charge on any atom is 0.306 e. The smallest absolute Gasteiger partial charge is 0.306 e. The Bertz CT molecular complexity index is 316. The summed E-state index contributed by atoms with van der Waals surface area (Å²) < 4.78 is 0. The maximum absolute atomic E-state index is 11.8. The summed E-state index contributed by atoms with van der Waals surface area (Å²) in [6.45, 7) is 0. The lowest BCUT2D eigenvalue weighted by molar-refractivity contribution is -0.141. The van der Waals surface area contributed by atoms with Gasteiger partial charge in [-0.15, -0.1) is 0 Å². The molecule has 0 heterocycles. The number of nitrogens with one attached hydrogen (secondary N) is 1. The lowest BCUT2D eigenvalue weighted by Gasteiger charge is -2.15. The summed E-state index contributed by atoms with van der Waals surface area (Å²) in [6.07, 6.45) is 7.79. The van der Waals surface area contributed by atoms with Crippen molar-refractivity contribution in [2.45, 2.75) is 38.1 Å². The number of hydrogen-bond donors (Lipinski definition) is 2. The average Bonchev–Trinajstić information content (AvgIpc) is 2.86. The number of aliphatic carboxylic acids is 1. The molecule has 2 aliphatic carbocycles. The first-order valence-electron chi connectivity index (χ1n) is 5.85. The summed E-state index contributed by atoms with van der Waals surface area (Å²) in [4.78, 5) is 22.6. The molecular weight excluding hydrogens is 206 g/mol. The van der Waals surface area contributed by atoms with E-state index in [1.807, 2.05) is 0 Å². The monoisotopic (exact) mass is 223 g/mol. The molecule has 88 valence electrons. The summed E-state index contributed by atoms with van der Waals surface area (Å²) in [5, 5.41) is 11.8. The minimum absolute atomic E-state index is 0.0393. The van der Waals surface area contributed by atoms with Crippen LogP contribution in [-0.4, -0.2) is 23.0 Å². The highest BCUT2D eigenvalue weighted by atomic mass is 16.4. The average molecular weight is 223 g/mol. The van der Waals surface area contributed by atoms with Crippen molar-refractivity contribution in [2.24, 2.45) is 11.8 Å². The molecule has 4 heteroatoms. The molecule has 2 rings (SSSR count). The first kappa shape index (κ1) is 11.2. The molecule has 0 aromatic rings. The SMILES string of the molecule is O=C(O)C1CCC(C(=O)NC2CC=CC2)C1. The fraction of sp³-hybridized carbons (Fsp3) is 0.667. The number of carbonyl (C=O) groups excluding carboxylic acids is 1. The molecule has 0 aromatic heterocycles. The van der Waals surface area contributed by atoms with Gasteiger partial charge in [0.25, 0.3) is 0 Å². The predicted molar refractivity (Wildman–Crippen MR) is 58.8 cm³/mol. The first-order chi connectivity index (χ1) is 7.66. The lowest BCUT2D eigenvalue weighted by atomic mass is 10.0. The van der Waals surface area contributed by atoms with E-state index in [-0.39, 0.29) is 23.8 Å². The predicted octanol–water partition coefficient (Wildman–Crippen LogP) is 1.32. The van der Waals surface area contributed by atoms with E-state index < -0.39 is 5.97 Å². The van der Waals surface area contributed by atoms with E-state index in [2.05, 4.69) is 17.5 Å². The quantitative estimate of drug-likeness (QED) is 0.709. The zero-order valence-electron chi connectivity index (χ0n) is 9.19. The number of rotatable bonds is 3. The van der Waals surface area contributed by atoms with E-state index in [0.717, 1.165) is 12.8 Å². The van der Waals surface area contributed by atoms with E-state index in [9.17, 15) is 9.59 Å². The van der Waals surface area contributed by atoms with Gasteiger partial charge in [-0.1, -0.05) is 12.2 Å². The van der Waals surface area contributed by atoms with Crippen LogP contribution in [0.1, 0.15) is 32.1 Å². The van der Waals surface area contributed by atoms with Crippen LogP contribution in [0.2, 0.25) is 0 Å². The molecule has 1 fully saturated rings. The highest BCUT2D eigenvalue weighted by Crippen LogP contribution is 2.31. The summed E-state index contributed by atoms with van der Waals surface area (Å²) in [5.41, 5.74) is 0. The van der Waals surface area contributed by atoms with Gasteiger partial charge >= 0.3 is 5.97 Å². The van der Waals surface area contributed by atoms with Crippen LogP contribution < -0.4 is 5.32 Å². The summed E-state index contributed by atoms with van der Waals surface area (Å²) >= 11 is 0. The third-order valence-electron chi connectivity index (χ3n) is 3.51. The molecule has 1 saturated carbocycles.